The first kappa shape index (κ1) is 20.1. The molecule has 0 atom stereocenters. The molecule has 1 heterocycles. The van der Waals surface area contributed by atoms with Gasteiger partial charge in [-0.1, -0.05) is 24.3 Å². The molecule has 3 aromatic carbocycles. The van der Waals surface area contributed by atoms with Crippen LogP contribution in [0, 0.1) is 6.92 Å². The van der Waals surface area contributed by atoms with Crippen molar-refractivity contribution in [1.29, 1.82) is 0 Å². The number of hydrogen-bond acceptors (Lipinski definition) is 5. The average Bonchev–Trinajstić information content (AvgIpc) is 3.11. The molecular weight excluding hydrogens is 420 g/mol. The summed E-state index contributed by atoms with van der Waals surface area (Å²) < 4.78 is 28.7. The summed E-state index contributed by atoms with van der Waals surface area (Å²) in [6, 6.07) is 19.1. The normalized spacial score (nSPS) is 11.5. The topological polar surface area (TPSA) is 96.4 Å². The van der Waals surface area contributed by atoms with E-state index in [0.717, 1.165) is 20.8 Å². The molecule has 30 heavy (non-hydrogen) atoms. The van der Waals surface area contributed by atoms with E-state index >= 15 is 0 Å². The molecule has 0 aliphatic heterocycles. The van der Waals surface area contributed by atoms with E-state index < -0.39 is 21.7 Å². The Morgan fingerprint density at radius 1 is 1.07 bits per heavy atom. The summed E-state index contributed by atoms with van der Waals surface area (Å²) in [5.41, 5.74) is 3.62. The molecular formula is C22H18N2O4S2. The Balaban J connectivity index is 1.53. The molecule has 0 amide bonds. The third-order valence-corrected chi connectivity index (χ3v) is 6.85. The number of rotatable bonds is 6. The van der Waals surface area contributed by atoms with Gasteiger partial charge in [0.15, 0.2) is 0 Å². The van der Waals surface area contributed by atoms with Gasteiger partial charge in [-0.3, -0.25) is 4.72 Å². The van der Waals surface area contributed by atoms with Gasteiger partial charge in [0.2, 0.25) is 10.0 Å². The number of aryl methyl sites for hydroxylation is 1. The van der Waals surface area contributed by atoms with Gasteiger partial charge in [-0.15, -0.1) is 11.3 Å². The van der Waals surface area contributed by atoms with Gasteiger partial charge < -0.3 is 5.11 Å². The molecule has 0 spiro atoms. The Bertz CT molecular complexity index is 1340. The molecule has 0 saturated carbocycles. The lowest BCUT2D eigenvalue weighted by Gasteiger charge is -2.10. The first-order chi connectivity index (χ1) is 14.3. The predicted molar refractivity (Wildman–Crippen MR) is 119 cm³/mol. The number of fused-ring (bicyclic) bond motifs is 1. The standard InChI is InChI=1S/C22H18N2O4S2/c1-14-6-11-19-20(12-14)29-21(23-19)15-7-9-17(10-8-15)24-30(27,28)13-16-4-2-3-5-18(16)22(25)26/h2-12,24H,13H2,1H3,(H,25,26). The van der Waals surface area contributed by atoms with Gasteiger partial charge in [0.1, 0.15) is 5.01 Å². The second kappa shape index (κ2) is 7.89. The zero-order chi connectivity index (χ0) is 21.3. The van der Waals surface area contributed by atoms with Crippen LogP contribution in [-0.4, -0.2) is 24.5 Å². The minimum atomic E-state index is -3.77. The van der Waals surface area contributed by atoms with E-state index in [1.165, 1.54) is 17.7 Å². The van der Waals surface area contributed by atoms with E-state index in [2.05, 4.69) is 15.8 Å². The molecule has 0 fully saturated rings. The molecule has 0 bridgehead atoms. The van der Waals surface area contributed by atoms with Gasteiger partial charge in [0, 0.05) is 11.3 Å². The van der Waals surface area contributed by atoms with Crippen molar-refractivity contribution in [2.75, 3.05) is 4.72 Å². The maximum atomic E-state index is 12.5. The number of sulfonamides is 1. The maximum Gasteiger partial charge on any atom is 0.335 e. The van der Waals surface area contributed by atoms with Crippen LogP contribution in [0.4, 0.5) is 5.69 Å². The monoisotopic (exact) mass is 438 g/mol. The van der Waals surface area contributed by atoms with E-state index in [1.807, 2.05) is 31.2 Å². The van der Waals surface area contributed by atoms with E-state index in [-0.39, 0.29) is 11.1 Å². The fourth-order valence-corrected chi connectivity index (χ4v) is 5.41. The zero-order valence-corrected chi connectivity index (χ0v) is 17.6. The molecule has 0 aliphatic rings. The second-order valence-electron chi connectivity index (χ2n) is 6.89. The Hall–Kier alpha value is -3.23. The molecule has 1 aromatic heterocycles. The number of hydrogen-bond donors (Lipinski definition) is 2. The molecule has 2 N–H and O–H groups in total. The van der Waals surface area contributed by atoms with Gasteiger partial charge in [-0.2, -0.15) is 0 Å². The highest BCUT2D eigenvalue weighted by atomic mass is 32.2. The Labute approximate surface area is 177 Å². The van der Waals surface area contributed by atoms with Crippen LogP contribution in [-0.2, 0) is 15.8 Å². The third-order valence-electron chi connectivity index (χ3n) is 4.54. The van der Waals surface area contributed by atoms with Crippen LogP contribution in [0.2, 0.25) is 0 Å². The number of benzene rings is 3. The number of nitrogens with zero attached hydrogens (tertiary/aromatic N) is 1. The summed E-state index contributed by atoms with van der Waals surface area (Å²) in [6.07, 6.45) is 0. The molecule has 0 saturated heterocycles. The molecule has 0 radical (unpaired) electrons. The smallest absolute Gasteiger partial charge is 0.335 e. The van der Waals surface area contributed by atoms with Gasteiger partial charge in [-0.05, 0) is 60.5 Å². The summed E-state index contributed by atoms with van der Waals surface area (Å²) in [5, 5.41) is 10.1. The summed E-state index contributed by atoms with van der Waals surface area (Å²) in [4.78, 5) is 15.9. The summed E-state index contributed by atoms with van der Waals surface area (Å²) >= 11 is 1.58. The van der Waals surface area contributed by atoms with Crippen molar-refractivity contribution in [1.82, 2.24) is 4.98 Å². The van der Waals surface area contributed by atoms with E-state index in [4.69, 9.17) is 0 Å². The van der Waals surface area contributed by atoms with Crippen LogP contribution < -0.4 is 4.72 Å². The molecule has 8 heteroatoms. The number of aromatic carboxylic acids is 1. The van der Waals surface area contributed by atoms with Crippen LogP contribution in [0.25, 0.3) is 20.8 Å². The largest absolute Gasteiger partial charge is 0.478 e. The van der Waals surface area contributed by atoms with Crippen molar-refractivity contribution in [3.63, 3.8) is 0 Å². The van der Waals surface area contributed by atoms with Crippen LogP contribution in [0.15, 0.2) is 66.7 Å². The lowest BCUT2D eigenvalue weighted by Crippen LogP contribution is -2.17. The van der Waals surface area contributed by atoms with E-state index in [9.17, 15) is 18.3 Å². The summed E-state index contributed by atoms with van der Waals surface area (Å²) in [5.74, 6) is -1.58. The molecule has 4 aromatic rings. The maximum absolute atomic E-state index is 12.5. The quantitative estimate of drug-likeness (QED) is 0.446. The predicted octanol–water partition coefficient (Wildman–Crippen LogP) is 4.91. The number of aromatic nitrogens is 1. The Kier molecular flexibility index (Phi) is 5.27. The highest BCUT2D eigenvalue weighted by Gasteiger charge is 2.17. The molecule has 0 aliphatic carbocycles. The van der Waals surface area contributed by atoms with Crippen LogP contribution in [0.5, 0.6) is 0 Å². The Morgan fingerprint density at radius 3 is 2.53 bits per heavy atom. The minimum Gasteiger partial charge on any atom is -0.478 e. The average molecular weight is 439 g/mol. The van der Waals surface area contributed by atoms with Crippen LogP contribution in [0.3, 0.4) is 0 Å². The summed E-state index contributed by atoms with van der Waals surface area (Å²) in [6.45, 7) is 2.04. The first-order valence-electron chi connectivity index (χ1n) is 9.10. The van der Waals surface area contributed by atoms with Gasteiger partial charge in [0.05, 0.1) is 21.5 Å². The number of carbonyl (C=O) groups is 1. The number of carboxylic acids is 1. The molecule has 0 unspecified atom stereocenters. The van der Waals surface area contributed by atoms with E-state index in [1.54, 1.807) is 35.6 Å². The highest BCUT2D eigenvalue weighted by molar-refractivity contribution is 7.91. The van der Waals surface area contributed by atoms with Gasteiger partial charge >= 0.3 is 5.97 Å². The number of carboxylic acid groups (broad SMARTS) is 1. The van der Waals surface area contributed by atoms with Crippen LogP contribution in [0.1, 0.15) is 21.5 Å². The van der Waals surface area contributed by atoms with Crippen molar-refractivity contribution < 1.29 is 18.3 Å². The van der Waals surface area contributed by atoms with Crippen molar-refractivity contribution >= 4 is 43.2 Å². The van der Waals surface area contributed by atoms with Crippen molar-refractivity contribution in [3.8, 4) is 10.6 Å². The first-order valence-corrected chi connectivity index (χ1v) is 11.6. The number of nitrogens with one attached hydrogen (secondary N) is 1. The minimum absolute atomic E-state index is 0.0238. The Morgan fingerprint density at radius 2 is 1.80 bits per heavy atom. The zero-order valence-electron chi connectivity index (χ0n) is 16.0. The van der Waals surface area contributed by atoms with Gasteiger partial charge in [-0.25, -0.2) is 18.2 Å². The molecule has 152 valence electrons. The third kappa shape index (κ3) is 4.34. The van der Waals surface area contributed by atoms with Crippen molar-refractivity contribution in [2.45, 2.75) is 12.7 Å². The number of anilines is 1. The van der Waals surface area contributed by atoms with Crippen molar-refractivity contribution in [2.24, 2.45) is 0 Å². The fourth-order valence-electron chi connectivity index (χ4n) is 3.11. The van der Waals surface area contributed by atoms with Crippen LogP contribution >= 0.6 is 11.3 Å². The fraction of sp³-hybridized carbons (Fsp3) is 0.0909. The van der Waals surface area contributed by atoms with E-state index in [0.29, 0.717) is 5.69 Å². The molecule has 4 rings (SSSR count). The second-order valence-corrected chi connectivity index (χ2v) is 9.64. The highest BCUT2D eigenvalue weighted by Crippen LogP contribution is 2.31. The summed E-state index contributed by atoms with van der Waals surface area (Å²) in [7, 11) is -3.77. The molecule has 6 nitrogen and oxygen atoms in total. The van der Waals surface area contributed by atoms with Crippen molar-refractivity contribution in [3.05, 3.63) is 83.4 Å². The number of thiazole rings is 1. The lowest BCUT2D eigenvalue weighted by atomic mass is 10.1. The van der Waals surface area contributed by atoms with Gasteiger partial charge in [0.25, 0.3) is 0 Å². The lowest BCUT2D eigenvalue weighted by molar-refractivity contribution is 0.0696. The SMILES string of the molecule is Cc1ccc2nc(-c3ccc(NS(=O)(=O)Cc4ccccc4C(=O)O)cc3)sc2c1.